The Morgan fingerprint density at radius 1 is 1.24 bits per heavy atom. The Labute approximate surface area is 101 Å². The third kappa shape index (κ3) is 1.88. The summed E-state index contributed by atoms with van der Waals surface area (Å²) in [7, 11) is 0. The molecule has 2 nitrogen and oxygen atoms in total. The summed E-state index contributed by atoms with van der Waals surface area (Å²) >= 11 is 0. The molecule has 1 heterocycles. The molecule has 3 rings (SSSR count). The summed E-state index contributed by atoms with van der Waals surface area (Å²) in [5.41, 5.74) is 1.92. The molecule has 1 aliphatic rings. The number of fused-ring (bicyclic) bond motifs is 1. The molecule has 0 unspecified atom stereocenters. The summed E-state index contributed by atoms with van der Waals surface area (Å²) in [5, 5.41) is 1.17. The van der Waals surface area contributed by atoms with E-state index in [9.17, 15) is 4.79 Å². The van der Waals surface area contributed by atoms with Gasteiger partial charge < -0.3 is 4.57 Å². The molecule has 1 fully saturated rings. The minimum absolute atomic E-state index is 0.797. The third-order valence-corrected chi connectivity index (χ3v) is 3.88. The molecule has 1 aromatic heterocycles. The van der Waals surface area contributed by atoms with Gasteiger partial charge in [-0.2, -0.15) is 0 Å². The van der Waals surface area contributed by atoms with Gasteiger partial charge in [-0.25, -0.2) is 0 Å². The maximum Gasteiger partial charge on any atom is 0.152 e. The van der Waals surface area contributed by atoms with E-state index in [4.69, 9.17) is 0 Å². The maximum atomic E-state index is 11.1. The summed E-state index contributed by atoms with van der Waals surface area (Å²) in [5.74, 6) is 0.797. The molecule has 1 aliphatic carbocycles. The first-order chi connectivity index (χ1) is 8.38. The molecule has 17 heavy (non-hydrogen) atoms. The molecule has 1 aromatic carbocycles. The predicted molar refractivity (Wildman–Crippen MR) is 69.3 cm³/mol. The molecule has 0 N–H and O–H groups in total. The van der Waals surface area contributed by atoms with Crippen molar-refractivity contribution in [3.8, 4) is 0 Å². The van der Waals surface area contributed by atoms with Crippen LogP contribution >= 0.6 is 0 Å². The minimum atomic E-state index is 0.797. The van der Waals surface area contributed by atoms with Crippen molar-refractivity contribution >= 4 is 17.2 Å². The third-order valence-electron chi connectivity index (χ3n) is 3.88. The summed E-state index contributed by atoms with van der Waals surface area (Å²) < 4.78 is 2.26. The largest absolute Gasteiger partial charge is 0.347 e. The highest BCUT2D eigenvalue weighted by atomic mass is 16.1. The number of aldehydes is 1. The van der Waals surface area contributed by atoms with Gasteiger partial charge in [0.05, 0.1) is 5.52 Å². The molecular formula is C15H17NO. The van der Waals surface area contributed by atoms with Gasteiger partial charge in [-0.05, 0) is 30.9 Å². The average molecular weight is 227 g/mol. The second kappa shape index (κ2) is 4.36. The van der Waals surface area contributed by atoms with Crippen LogP contribution in [-0.4, -0.2) is 10.9 Å². The fraction of sp³-hybridized carbons (Fsp3) is 0.400. The molecule has 0 spiro atoms. The van der Waals surface area contributed by atoms with E-state index in [0.717, 1.165) is 29.8 Å². The fourth-order valence-electron chi connectivity index (χ4n) is 3.01. The summed E-state index contributed by atoms with van der Waals surface area (Å²) in [6.45, 7) is 1.06. The molecule has 2 aromatic rings. The smallest absolute Gasteiger partial charge is 0.152 e. The Bertz CT molecular complexity index is 535. The Morgan fingerprint density at radius 2 is 2.06 bits per heavy atom. The highest BCUT2D eigenvalue weighted by Gasteiger charge is 2.16. The van der Waals surface area contributed by atoms with Gasteiger partial charge in [-0.3, -0.25) is 4.79 Å². The van der Waals surface area contributed by atoms with Crippen LogP contribution in [0.15, 0.2) is 30.5 Å². The summed E-state index contributed by atoms with van der Waals surface area (Å²) in [4.78, 5) is 11.1. The number of hydrogen-bond donors (Lipinski definition) is 0. The van der Waals surface area contributed by atoms with Gasteiger partial charge in [-0.1, -0.05) is 25.0 Å². The van der Waals surface area contributed by atoms with E-state index in [-0.39, 0.29) is 0 Å². The van der Waals surface area contributed by atoms with Crippen molar-refractivity contribution in [2.24, 2.45) is 5.92 Å². The molecule has 1 saturated carbocycles. The lowest BCUT2D eigenvalue weighted by Crippen LogP contribution is -2.06. The molecule has 0 radical (unpaired) electrons. The molecule has 0 saturated heterocycles. The second-order valence-electron chi connectivity index (χ2n) is 5.02. The molecule has 0 amide bonds. The molecule has 0 aliphatic heterocycles. The molecule has 0 atom stereocenters. The lowest BCUT2D eigenvalue weighted by Gasteiger charge is -2.12. The average Bonchev–Trinajstić information content (AvgIpc) is 2.99. The first-order valence-corrected chi connectivity index (χ1v) is 6.41. The van der Waals surface area contributed by atoms with E-state index in [1.165, 1.54) is 31.1 Å². The van der Waals surface area contributed by atoms with E-state index in [1.54, 1.807) is 0 Å². The molecule has 2 heteroatoms. The number of rotatable bonds is 3. The summed E-state index contributed by atoms with van der Waals surface area (Å²) in [6.07, 6.45) is 8.49. The molecule has 0 bridgehead atoms. The zero-order valence-corrected chi connectivity index (χ0v) is 9.93. The van der Waals surface area contributed by atoms with E-state index >= 15 is 0 Å². The van der Waals surface area contributed by atoms with Crippen LogP contribution < -0.4 is 0 Å². The van der Waals surface area contributed by atoms with E-state index in [2.05, 4.69) is 22.9 Å². The first kappa shape index (κ1) is 10.6. The van der Waals surface area contributed by atoms with Crippen LogP contribution in [-0.2, 0) is 6.54 Å². The number of nitrogens with zero attached hydrogens (tertiary/aromatic N) is 1. The lowest BCUT2D eigenvalue weighted by molar-refractivity contribution is 0.112. The van der Waals surface area contributed by atoms with Crippen LogP contribution in [0.3, 0.4) is 0 Å². The van der Waals surface area contributed by atoms with Crippen LogP contribution in [0, 0.1) is 5.92 Å². The minimum Gasteiger partial charge on any atom is -0.347 e. The Morgan fingerprint density at radius 3 is 2.82 bits per heavy atom. The zero-order valence-electron chi connectivity index (χ0n) is 9.93. The highest BCUT2D eigenvalue weighted by molar-refractivity contribution is 5.96. The Kier molecular flexibility index (Phi) is 2.71. The number of carbonyl (C=O) groups is 1. The highest BCUT2D eigenvalue weighted by Crippen LogP contribution is 2.28. The number of hydrogen-bond acceptors (Lipinski definition) is 1. The van der Waals surface area contributed by atoms with Gasteiger partial charge in [0.1, 0.15) is 0 Å². The topological polar surface area (TPSA) is 22.0 Å². The van der Waals surface area contributed by atoms with Crippen molar-refractivity contribution in [2.75, 3.05) is 0 Å². The van der Waals surface area contributed by atoms with Crippen molar-refractivity contribution < 1.29 is 4.79 Å². The zero-order chi connectivity index (χ0) is 11.7. The lowest BCUT2D eigenvalue weighted by atomic mass is 10.1. The number of aromatic nitrogens is 1. The SMILES string of the molecule is O=Cc1cccc2ccn(CC3CCCC3)c12. The fourth-order valence-corrected chi connectivity index (χ4v) is 3.01. The van der Waals surface area contributed by atoms with Crippen LogP contribution in [0.1, 0.15) is 36.0 Å². The van der Waals surface area contributed by atoms with Crippen LogP contribution in [0.5, 0.6) is 0 Å². The summed E-state index contributed by atoms with van der Waals surface area (Å²) in [6, 6.07) is 8.04. The first-order valence-electron chi connectivity index (χ1n) is 6.41. The Hall–Kier alpha value is -1.57. The molecule has 88 valence electrons. The maximum absolute atomic E-state index is 11.1. The van der Waals surface area contributed by atoms with Crippen molar-refractivity contribution in [1.82, 2.24) is 4.57 Å². The number of carbonyl (C=O) groups excluding carboxylic acids is 1. The monoisotopic (exact) mass is 227 g/mol. The van der Waals surface area contributed by atoms with Crippen LogP contribution in [0.25, 0.3) is 10.9 Å². The van der Waals surface area contributed by atoms with Gasteiger partial charge in [-0.15, -0.1) is 0 Å². The van der Waals surface area contributed by atoms with Crippen molar-refractivity contribution in [1.29, 1.82) is 0 Å². The van der Waals surface area contributed by atoms with Crippen molar-refractivity contribution in [3.63, 3.8) is 0 Å². The van der Waals surface area contributed by atoms with E-state index in [0.29, 0.717) is 0 Å². The van der Waals surface area contributed by atoms with Gasteiger partial charge >= 0.3 is 0 Å². The number of para-hydroxylation sites is 1. The quantitative estimate of drug-likeness (QED) is 0.734. The predicted octanol–water partition coefficient (Wildman–Crippen LogP) is 3.64. The van der Waals surface area contributed by atoms with Gasteiger partial charge in [0.25, 0.3) is 0 Å². The second-order valence-corrected chi connectivity index (χ2v) is 5.02. The van der Waals surface area contributed by atoms with Crippen molar-refractivity contribution in [2.45, 2.75) is 32.2 Å². The van der Waals surface area contributed by atoms with Crippen LogP contribution in [0.2, 0.25) is 0 Å². The Balaban J connectivity index is 2.00. The number of benzene rings is 1. The van der Waals surface area contributed by atoms with E-state index in [1.807, 2.05) is 12.1 Å². The van der Waals surface area contributed by atoms with Crippen molar-refractivity contribution in [3.05, 3.63) is 36.0 Å². The van der Waals surface area contributed by atoms with Gasteiger partial charge in [0.15, 0.2) is 6.29 Å². The normalized spacial score (nSPS) is 16.7. The van der Waals surface area contributed by atoms with Crippen LogP contribution in [0.4, 0.5) is 0 Å². The van der Waals surface area contributed by atoms with Gasteiger partial charge in [0, 0.05) is 23.7 Å². The van der Waals surface area contributed by atoms with E-state index < -0.39 is 0 Å². The van der Waals surface area contributed by atoms with Gasteiger partial charge in [0.2, 0.25) is 0 Å². The molecular weight excluding hydrogens is 210 g/mol. The standard InChI is InChI=1S/C15H17NO/c17-11-14-7-3-6-13-8-9-16(15(13)14)10-12-4-1-2-5-12/h3,6-9,11-12H,1-2,4-5,10H2.